The summed E-state index contributed by atoms with van der Waals surface area (Å²) in [5.74, 6) is -3.67. The third-order valence-electron chi connectivity index (χ3n) is 5.88. The van der Waals surface area contributed by atoms with E-state index in [0.29, 0.717) is 35.0 Å². The average Bonchev–Trinajstić information content (AvgIpc) is 2.73. The lowest BCUT2D eigenvalue weighted by Crippen LogP contribution is -2.42. The van der Waals surface area contributed by atoms with Crippen LogP contribution in [-0.4, -0.2) is 33.6 Å². The first-order valence-electron chi connectivity index (χ1n) is 10.2. The zero-order valence-electron chi connectivity index (χ0n) is 17.0. The van der Waals surface area contributed by atoms with Gasteiger partial charge in [-0.05, 0) is 74.5 Å². The Labute approximate surface area is 173 Å². The molecule has 3 aromatic rings. The van der Waals surface area contributed by atoms with E-state index in [9.17, 15) is 18.0 Å². The SMILES string of the molecule is CC(C)N1CCC[C@H](Cn2cnc3ccc(-c4cc(F)c(F)c(F)c4)cc3c2=O)C1. The Kier molecular flexibility index (Phi) is 5.64. The van der Waals surface area contributed by atoms with E-state index in [2.05, 4.69) is 23.7 Å². The number of fused-ring (bicyclic) bond motifs is 1. The summed E-state index contributed by atoms with van der Waals surface area (Å²) in [6, 6.07) is 7.14. The van der Waals surface area contributed by atoms with Crippen LogP contribution in [0.15, 0.2) is 41.5 Å². The predicted molar refractivity (Wildman–Crippen MR) is 111 cm³/mol. The van der Waals surface area contributed by atoms with Crippen LogP contribution in [0, 0.1) is 23.4 Å². The standard InChI is InChI=1S/C23H24F3N3O/c1-14(2)28-7-3-4-15(11-28)12-29-13-27-21-6-5-16(8-18(21)23(29)30)17-9-19(24)22(26)20(25)10-17/h5-6,8-10,13-15H,3-4,7,11-12H2,1-2H3/t15-/m0/s1. The Balaban J connectivity index is 1.67. The summed E-state index contributed by atoms with van der Waals surface area (Å²) < 4.78 is 42.2. The fourth-order valence-corrected chi connectivity index (χ4v) is 4.18. The van der Waals surface area contributed by atoms with Crippen molar-refractivity contribution in [3.05, 3.63) is 64.5 Å². The molecule has 30 heavy (non-hydrogen) atoms. The van der Waals surface area contributed by atoms with Crippen molar-refractivity contribution in [2.75, 3.05) is 13.1 Å². The molecule has 4 rings (SSSR count). The van der Waals surface area contributed by atoms with Gasteiger partial charge in [-0.1, -0.05) is 6.07 Å². The van der Waals surface area contributed by atoms with Crippen molar-refractivity contribution in [1.29, 1.82) is 0 Å². The van der Waals surface area contributed by atoms with Crippen LogP contribution >= 0.6 is 0 Å². The summed E-state index contributed by atoms with van der Waals surface area (Å²) in [6.07, 6.45) is 3.72. The second-order valence-corrected chi connectivity index (χ2v) is 8.28. The molecule has 1 fully saturated rings. The molecule has 4 nitrogen and oxygen atoms in total. The van der Waals surface area contributed by atoms with Gasteiger partial charge in [-0.15, -0.1) is 0 Å². The summed E-state index contributed by atoms with van der Waals surface area (Å²) in [6.45, 7) is 6.95. The van der Waals surface area contributed by atoms with Crippen LogP contribution < -0.4 is 5.56 Å². The van der Waals surface area contributed by atoms with E-state index in [4.69, 9.17) is 0 Å². The van der Waals surface area contributed by atoms with E-state index in [1.807, 2.05) is 0 Å². The Hall–Kier alpha value is -2.67. The van der Waals surface area contributed by atoms with Gasteiger partial charge in [-0.2, -0.15) is 0 Å². The molecule has 0 bridgehead atoms. The largest absolute Gasteiger partial charge is 0.301 e. The number of halogens is 3. The van der Waals surface area contributed by atoms with Gasteiger partial charge in [0.1, 0.15) is 0 Å². The zero-order valence-corrected chi connectivity index (χ0v) is 17.0. The highest BCUT2D eigenvalue weighted by atomic mass is 19.2. The highest BCUT2D eigenvalue weighted by Crippen LogP contribution is 2.26. The molecule has 1 aromatic heterocycles. The molecule has 1 aliphatic rings. The van der Waals surface area contributed by atoms with Gasteiger partial charge in [-0.25, -0.2) is 18.2 Å². The molecule has 1 aliphatic heterocycles. The average molecular weight is 415 g/mol. The van der Waals surface area contributed by atoms with Gasteiger partial charge < -0.3 is 4.90 Å². The van der Waals surface area contributed by atoms with Gasteiger partial charge in [0.25, 0.3) is 5.56 Å². The monoisotopic (exact) mass is 415 g/mol. The summed E-state index contributed by atoms with van der Waals surface area (Å²) >= 11 is 0. The molecular formula is C23H24F3N3O. The topological polar surface area (TPSA) is 38.1 Å². The quantitative estimate of drug-likeness (QED) is 0.585. The molecule has 0 unspecified atom stereocenters. The maximum Gasteiger partial charge on any atom is 0.261 e. The fraction of sp³-hybridized carbons (Fsp3) is 0.391. The number of hydrogen-bond acceptors (Lipinski definition) is 3. The summed E-state index contributed by atoms with van der Waals surface area (Å²) in [7, 11) is 0. The van der Waals surface area contributed by atoms with E-state index in [1.54, 1.807) is 29.1 Å². The number of benzene rings is 2. The van der Waals surface area contributed by atoms with Crippen LogP contribution in [0.4, 0.5) is 13.2 Å². The molecule has 0 aliphatic carbocycles. The van der Waals surface area contributed by atoms with Crippen molar-refractivity contribution < 1.29 is 13.2 Å². The van der Waals surface area contributed by atoms with Gasteiger partial charge >= 0.3 is 0 Å². The summed E-state index contributed by atoms with van der Waals surface area (Å²) in [5, 5.41) is 0.372. The minimum atomic E-state index is -1.51. The van der Waals surface area contributed by atoms with Crippen LogP contribution in [0.25, 0.3) is 22.0 Å². The molecule has 0 saturated carbocycles. The smallest absolute Gasteiger partial charge is 0.261 e. The van der Waals surface area contributed by atoms with Crippen LogP contribution in [0.5, 0.6) is 0 Å². The Bertz CT molecular complexity index is 1120. The molecule has 1 saturated heterocycles. The molecule has 7 heteroatoms. The van der Waals surface area contributed by atoms with Gasteiger partial charge in [-0.3, -0.25) is 9.36 Å². The fourth-order valence-electron chi connectivity index (χ4n) is 4.18. The highest BCUT2D eigenvalue weighted by molar-refractivity contribution is 5.83. The van der Waals surface area contributed by atoms with E-state index >= 15 is 0 Å². The number of piperidine rings is 1. The van der Waals surface area contributed by atoms with E-state index < -0.39 is 17.5 Å². The van der Waals surface area contributed by atoms with Crippen molar-refractivity contribution in [2.45, 2.75) is 39.3 Å². The molecular weight excluding hydrogens is 391 g/mol. The number of likely N-dealkylation sites (tertiary alicyclic amines) is 1. The Morgan fingerprint density at radius 1 is 1.10 bits per heavy atom. The lowest BCUT2D eigenvalue weighted by atomic mass is 9.97. The highest BCUT2D eigenvalue weighted by Gasteiger charge is 2.22. The molecule has 0 spiro atoms. The molecule has 158 valence electrons. The third kappa shape index (κ3) is 3.99. The van der Waals surface area contributed by atoms with E-state index in [-0.39, 0.29) is 11.1 Å². The number of aromatic nitrogens is 2. The molecule has 1 atom stereocenters. The van der Waals surface area contributed by atoms with Gasteiger partial charge in [0.2, 0.25) is 0 Å². The lowest BCUT2D eigenvalue weighted by Gasteiger charge is -2.35. The second kappa shape index (κ2) is 8.22. The predicted octanol–water partition coefficient (Wildman–Crippen LogP) is 4.60. The lowest BCUT2D eigenvalue weighted by molar-refractivity contribution is 0.130. The van der Waals surface area contributed by atoms with Crippen LogP contribution in [0.2, 0.25) is 0 Å². The third-order valence-corrected chi connectivity index (χ3v) is 5.88. The molecule has 0 N–H and O–H groups in total. The van der Waals surface area contributed by atoms with Gasteiger partial charge in [0, 0.05) is 19.1 Å². The molecule has 2 heterocycles. The minimum absolute atomic E-state index is 0.169. The zero-order chi connectivity index (χ0) is 21.4. The summed E-state index contributed by atoms with van der Waals surface area (Å²) in [4.78, 5) is 19.9. The van der Waals surface area contributed by atoms with Gasteiger partial charge in [0.05, 0.1) is 17.2 Å². The number of rotatable bonds is 4. The first-order chi connectivity index (χ1) is 14.3. The van der Waals surface area contributed by atoms with Crippen LogP contribution in [0.3, 0.4) is 0 Å². The molecule has 0 amide bonds. The normalized spacial score (nSPS) is 17.7. The van der Waals surface area contributed by atoms with Crippen molar-refractivity contribution in [2.24, 2.45) is 5.92 Å². The Morgan fingerprint density at radius 2 is 1.83 bits per heavy atom. The number of nitrogens with zero attached hydrogens (tertiary/aromatic N) is 3. The van der Waals surface area contributed by atoms with Crippen molar-refractivity contribution in [3.63, 3.8) is 0 Å². The van der Waals surface area contributed by atoms with Crippen molar-refractivity contribution in [3.8, 4) is 11.1 Å². The Morgan fingerprint density at radius 3 is 2.53 bits per heavy atom. The van der Waals surface area contributed by atoms with Crippen molar-refractivity contribution >= 4 is 10.9 Å². The molecule has 2 aromatic carbocycles. The maximum atomic E-state index is 13.6. The van der Waals surface area contributed by atoms with E-state index in [1.165, 1.54) is 0 Å². The maximum absolute atomic E-state index is 13.6. The van der Waals surface area contributed by atoms with Crippen molar-refractivity contribution in [1.82, 2.24) is 14.5 Å². The number of hydrogen-bond donors (Lipinski definition) is 0. The van der Waals surface area contributed by atoms with Gasteiger partial charge in [0.15, 0.2) is 17.5 Å². The minimum Gasteiger partial charge on any atom is -0.301 e. The summed E-state index contributed by atoms with van der Waals surface area (Å²) in [5.41, 5.74) is 0.922. The first kappa shape index (κ1) is 20.6. The van der Waals surface area contributed by atoms with Crippen LogP contribution in [0.1, 0.15) is 26.7 Å². The first-order valence-corrected chi connectivity index (χ1v) is 10.2. The molecule has 0 radical (unpaired) electrons. The van der Waals surface area contributed by atoms with Crippen LogP contribution in [-0.2, 0) is 6.54 Å². The second-order valence-electron chi connectivity index (χ2n) is 8.28. The van der Waals surface area contributed by atoms with E-state index in [0.717, 1.165) is 38.1 Å².